The molecule has 7 heterocycles. The minimum Gasteiger partial charge on any atom is -0.478 e. The van der Waals surface area contributed by atoms with Gasteiger partial charge in [-0.05, 0) is 91.7 Å². The van der Waals surface area contributed by atoms with E-state index in [9.17, 15) is 9.90 Å². The van der Waals surface area contributed by atoms with Crippen molar-refractivity contribution in [3.05, 3.63) is 103 Å². The number of H-pyrrole nitrogens is 2. The van der Waals surface area contributed by atoms with Crippen molar-refractivity contribution in [1.29, 1.82) is 0 Å². The molecule has 0 spiro atoms. The zero-order valence-corrected chi connectivity index (χ0v) is 28.8. The average Bonchev–Trinajstić information content (AvgIpc) is 3.89. The van der Waals surface area contributed by atoms with Crippen LogP contribution in [0.15, 0.2) is 85.6 Å². The van der Waals surface area contributed by atoms with Crippen LogP contribution in [0.5, 0.6) is 0 Å². The number of hydrogen-bond donors (Lipinski definition) is 3. The molecule has 2 aromatic carbocycles. The van der Waals surface area contributed by atoms with E-state index >= 15 is 0 Å². The fourth-order valence-corrected chi connectivity index (χ4v) is 8.14. The Morgan fingerprint density at radius 1 is 0.941 bits per heavy atom. The number of piperidine rings is 1. The van der Waals surface area contributed by atoms with Crippen molar-refractivity contribution in [3.8, 4) is 28.1 Å². The SMILES string of the molecule is Cc1c(-c2cccc(C(=O)O)c2)c2c3cnccc3cnc2n1-c1nc2[nH]c(C3CCN(CC(C)C)CC3)cc2c2cc(-c3cn[nH]c3)ccc12. The van der Waals surface area contributed by atoms with Crippen LogP contribution in [0.3, 0.4) is 0 Å². The summed E-state index contributed by atoms with van der Waals surface area (Å²) >= 11 is 0. The van der Waals surface area contributed by atoms with Crippen molar-refractivity contribution in [3.63, 3.8) is 0 Å². The number of likely N-dealkylation sites (tertiary alicyclic amines) is 1. The Labute approximate surface area is 294 Å². The molecule has 1 aliphatic heterocycles. The van der Waals surface area contributed by atoms with E-state index in [1.807, 2.05) is 36.9 Å². The van der Waals surface area contributed by atoms with E-state index in [4.69, 9.17) is 9.97 Å². The van der Waals surface area contributed by atoms with Crippen LogP contribution in [-0.2, 0) is 0 Å². The molecule has 254 valence electrons. The molecular weight excluding hydrogens is 637 g/mol. The van der Waals surface area contributed by atoms with Crippen molar-refractivity contribution in [2.75, 3.05) is 19.6 Å². The van der Waals surface area contributed by atoms with Crippen LogP contribution in [0.4, 0.5) is 0 Å². The molecule has 0 radical (unpaired) electrons. The number of benzene rings is 2. The van der Waals surface area contributed by atoms with Crippen molar-refractivity contribution in [2.45, 2.75) is 39.5 Å². The molecule has 10 heteroatoms. The van der Waals surface area contributed by atoms with Gasteiger partial charge in [-0.3, -0.25) is 14.6 Å². The van der Waals surface area contributed by atoms with Gasteiger partial charge in [0.25, 0.3) is 0 Å². The van der Waals surface area contributed by atoms with Crippen LogP contribution in [-0.4, -0.2) is 70.3 Å². The highest BCUT2D eigenvalue weighted by molar-refractivity contribution is 6.15. The van der Waals surface area contributed by atoms with E-state index in [0.717, 1.165) is 110 Å². The molecule has 0 bridgehead atoms. The Morgan fingerprint density at radius 2 is 1.80 bits per heavy atom. The van der Waals surface area contributed by atoms with Crippen LogP contribution >= 0.6 is 0 Å². The maximum atomic E-state index is 12.1. The van der Waals surface area contributed by atoms with Crippen LogP contribution in [0, 0.1) is 12.8 Å². The van der Waals surface area contributed by atoms with Gasteiger partial charge >= 0.3 is 5.97 Å². The third kappa shape index (κ3) is 5.25. The zero-order valence-electron chi connectivity index (χ0n) is 28.8. The Balaban J connectivity index is 1.30. The number of carboxylic acids is 1. The fourth-order valence-electron chi connectivity index (χ4n) is 8.14. The van der Waals surface area contributed by atoms with Gasteiger partial charge < -0.3 is 15.0 Å². The first-order chi connectivity index (χ1) is 24.8. The first-order valence-corrected chi connectivity index (χ1v) is 17.6. The second-order valence-electron chi connectivity index (χ2n) is 14.2. The highest BCUT2D eigenvalue weighted by Crippen LogP contribution is 2.42. The summed E-state index contributed by atoms with van der Waals surface area (Å²) < 4.78 is 2.13. The van der Waals surface area contributed by atoms with Gasteiger partial charge in [-0.25, -0.2) is 14.8 Å². The van der Waals surface area contributed by atoms with Crippen LogP contribution in [0.2, 0.25) is 0 Å². The topological polar surface area (TPSA) is 129 Å². The van der Waals surface area contributed by atoms with E-state index < -0.39 is 5.97 Å². The lowest BCUT2D eigenvalue weighted by atomic mass is 9.93. The predicted molar refractivity (Wildman–Crippen MR) is 201 cm³/mol. The summed E-state index contributed by atoms with van der Waals surface area (Å²) in [4.78, 5) is 33.4. The van der Waals surface area contributed by atoms with Crippen molar-refractivity contribution in [2.24, 2.45) is 5.92 Å². The number of aromatic nitrogens is 7. The standard InChI is InChI=1S/C41H38N8O2/c1-23(2)22-48-13-10-25(11-14-48)35-17-33-32-16-26(30-19-44-45-20-30)7-8-31(32)39(47-38(33)46-35)49-24(3)36(27-5-4-6-28(15-27)41(50)51)37-34-21-42-12-9-29(34)18-43-40(37)49/h4-9,12,15-21,23,25H,10-11,13-14,22H2,1-3H3,(H,44,45)(H,46,47)(H,50,51). The predicted octanol–water partition coefficient (Wildman–Crippen LogP) is 8.50. The lowest BCUT2D eigenvalue weighted by molar-refractivity contribution is 0.0697. The lowest BCUT2D eigenvalue weighted by Gasteiger charge is -2.32. The molecule has 10 nitrogen and oxygen atoms in total. The number of carboxylic acid groups (broad SMARTS) is 1. The molecule has 0 aliphatic carbocycles. The van der Waals surface area contributed by atoms with E-state index in [1.54, 1.807) is 24.4 Å². The number of nitrogens with one attached hydrogen (secondary N) is 2. The number of rotatable bonds is 7. The molecule has 0 unspecified atom stereocenters. The van der Waals surface area contributed by atoms with E-state index in [-0.39, 0.29) is 5.56 Å². The summed E-state index contributed by atoms with van der Waals surface area (Å²) in [7, 11) is 0. The minimum absolute atomic E-state index is 0.227. The molecule has 0 saturated carbocycles. The summed E-state index contributed by atoms with van der Waals surface area (Å²) in [5.41, 5.74) is 7.72. The maximum Gasteiger partial charge on any atom is 0.335 e. The number of aromatic carboxylic acids is 1. The van der Waals surface area contributed by atoms with Gasteiger partial charge in [0, 0.05) is 86.7 Å². The molecular formula is C41H38N8O2. The first-order valence-electron chi connectivity index (χ1n) is 17.6. The van der Waals surface area contributed by atoms with Crippen molar-refractivity contribution < 1.29 is 9.90 Å². The number of fused-ring (bicyclic) bond motifs is 6. The Hall–Kier alpha value is -5.87. The molecule has 8 aromatic rings. The molecule has 1 saturated heterocycles. The third-order valence-corrected chi connectivity index (χ3v) is 10.5. The molecule has 3 N–H and O–H groups in total. The van der Waals surface area contributed by atoms with Gasteiger partial charge in [0.15, 0.2) is 0 Å². The summed E-state index contributed by atoms with van der Waals surface area (Å²) in [6, 6.07) is 17.9. The molecule has 1 fully saturated rings. The number of carbonyl (C=O) groups is 1. The number of hydrogen-bond acceptors (Lipinski definition) is 6. The molecule has 51 heavy (non-hydrogen) atoms. The second kappa shape index (κ2) is 12.2. The Bertz CT molecular complexity index is 2610. The van der Waals surface area contributed by atoms with Crippen molar-refractivity contribution in [1.82, 2.24) is 39.6 Å². The normalized spacial score (nSPS) is 14.5. The van der Waals surface area contributed by atoms with Crippen molar-refractivity contribution >= 4 is 49.6 Å². The Morgan fingerprint density at radius 3 is 2.59 bits per heavy atom. The van der Waals surface area contributed by atoms with Gasteiger partial charge in [-0.15, -0.1) is 0 Å². The van der Waals surface area contributed by atoms with Gasteiger partial charge in [-0.1, -0.05) is 32.0 Å². The van der Waals surface area contributed by atoms with Gasteiger partial charge in [0.1, 0.15) is 17.1 Å². The number of pyridine rings is 3. The molecule has 9 rings (SSSR count). The highest BCUT2D eigenvalue weighted by atomic mass is 16.4. The summed E-state index contributed by atoms with van der Waals surface area (Å²) in [5.74, 6) is 0.880. The van der Waals surface area contributed by atoms with Gasteiger partial charge in [0.05, 0.1) is 11.8 Å². The molecule has 6 aromatic heterocycles. The summed E-state index contributed by atoms with van der Waals surface area (Å²) in [6.07, 6.45) is 11.5. The third-order valence-electron chi connectivity index (χ3n) is 10.5. The van der Waals surface area contributed by atoms with E-state index in [0.29, 0.717) is 11.8 Å². The van der Waals surface area contributed by atoms with Crippen LogP contribution in [0.1, 0.15) is 54.4 Å². The second-order valence-corrected chi connectivity index (χ2v) is 14.2. The van der Waals surface area contributed by atoms with E-state index in [2.05, 4.69) is 74.7 Å². The molecule has 1 aliphatic rings. The van der Waals surface area contributed by atoms with E-state index in [1.165, 1.54) is 5.69 Å². The summed E-state index contributed by atoms with van der Waals surface area (Å²) in [5, 5.41) is 23.0. The van der Waals surface area contributed by atoms with Gasteiger partial charge in [0.2, 0.25) is 0 Å². The van der Waals surface area contributed by atoms with Gasteiger partial charge in [-0.2, -0.15) is 5.10 Å². The molecule has 0 atom stereocenters. The van der Waals surface area contributed by atoms with Crippen LogP contribution < -0.4 is 0 Å². The Kier molecular flexibility index (Phi) is 7.43. The fraction of sp³-hybridized carbons (Fsp3) is 0.244. The largest absolute Gasteiger partial charge is 0.478 e. The average molecular weight is 675 g/mol. The lowest BCUT2D eigenvalue weighted by Crippen LogP contribution is -2.35. The maximum absolute atomic E-state index is 12.1. The number of nitrogens with zero attached hydrogens (tertiary/aromatic N) is 6. The van der Waals surface area contributed by atoms with Crippen LogP contribution in [0.25, 0.3) is 71.7 Å². The zero-order chi connectivity index (χ0) is 34.8. The first kappa shape index (κ1) is 31.1. The highest BCUT2D eigenvalue weighted by Gasteiger charge is 2.26. The monoisotopic (exact) mass is 674 g/mol. The minimum atomic E-state index is -0.970. The summed E-state index contributed by atoms with van der Waals surface area (Å²) in [6.45, 7) is 9.97. The number of aromatic amines is 2. The smallest absolute Gasteiger partial charge is 0.335 e. The molecule has 0 amide bonds. The quantitative estimate of drug-likeness (QED) is 0.155.